The van der Waals surface area contributed by atoms with Crippen molar-refractivity contribution in [1.82, 2.24) is 19.5 Å². The Kier molecular flexibility index (Phi) is 2.86. The van der Waals surface area contributed by atoms with Gasteiger partial charge < -0.3 is 15.6 Å². The lowest BCUT2D eigenvalue weighted by molar-refractivity contribution is -0.0543. The van der Waals surface area contributed by atoms with Gasteiger partial charge in [-0.3, -0.25) is 4.57 Å². The van der Waals surface area contributed by atoms with Crippen molar-refractivity contribution < 1.29 is 26.6 Å². The highest BCUT2D eigenvalue weighted by Gasteiger charge is 2.56. The van der Waals surface area contributed by atoms with Gasteiger partial charge in [-0.2, -0.15) is 8.42 Å². The highest BCUT2D eigenvalue weighted by atomic mass is 32.3. The van der Waals surface area contributed by atoms with Gasteiger partial charge in [-0.15, -0.1) is 0 Å². The Morgan fingerprint density at radius 2 is 2.05 bits per heavy atom. The first-order valence-electron chi connectivity index (χ1n) is 6.31. The molecule has 0 saturated carbocycles. The number of aliphatic hydroxyl groups excluding tert-OH is 1. The van der Waals surface area contributed by atoms with Crippen LogP contribution in [-0.4, -0.2) is 58.0 Å². The molecular weight excluding hydrogens is 318 g/mol. The molecule has 1 unspecified atom stereocenters. The van der Waals surface area contributed by atoms with Crippen LogP contribution < -0.4 is 5.73 Å². The molecule has 22 heavy (non-hydrogen) atoms. The van der Waals surface area contributed by atoms with Crippen molar-refractivity contribution in [2.45, 2.75) is 24.5 Å². The number of nitrogen functional groups attached to an aromatic ring is 1. The maximum absolute atomic E-state index is 11.5. The Bertz CT molecular complexity index is 837. The number of hydrogen-bond donors (Lipinski definition) is 2. The van der Waals surface area contributed by atoms with Crippen LogP contribution in [0.25, 0.3) is 11.2 Å². The van der Waals surface area contributed by atoms with E-state index in [0.29, 0.717) is 11.2 Å². The smallest absolute Gasteiger partial charge is 0.394 e. The maximum atomic E-state index is 11.5. The Hall–Kier alpha value is -1.86. The summed E-state index contributed by atoms with van der Waals surface area (Å²) in [6.45, 7) is -0.416. The van der Waals surface area contributed by atoms with Gasteiger partial charge in [0.2, 0.25) is 0 Å². The lowest BCUT2D eigenvalue weighted by atomic mass is 10.1. The molecule has 2 saturated heterocycles. The summed E-state index contributed by atoms with van der Waals surface area (Å²) in [5.41, 5.74) is 6.43. The minimum absolute atomic E-state index is 0.188. The number of rotatable bonds is 2. The summed E-state index contributed by atoms with van der Waals surface area (Å²) in [4.78, 5) is 12.0. The van der Waals surface area contributed by atoms with E-state index >= 15 is 0 Å². The Labute approximate surface area is 124 Å². The van der Waals surface area contributed by atoms with E-state index in [-0.39, 0.29) is 5.82 Å². The van der Waals surface area contributed by atoms with Crippen molar-refractivity contribution in [2.75, 3.05) is 12.3 Å². The monoisotopic (exact) mass is 329 g/mol. The molecule has 4 rings (SSSR count). The van der Waals surface area contributed by atoms with Crippen LogP contribution in [0.2, 0.25) is 0 Å². The zero-order valence-electron chi connectivity index (χ0n) is 10.9. The lowest BCUT2D eigenvalue weighted by Gasteiger charge is -2.17. The van der Waals surface area contributed by atoms with Crippen LogP contribution >= 0.6 is 0 Å². The van der Waals surface area contributed by atoms with Crippen molar-refractivity contribution in [2.24, 2.45) is 0 Å². The standard InChI is InChI=1S/C10H11N5O6S/c11-8-5-9(13-2-12-8)15(3-14-5)10-7-6(4(1-16)19-10)20-22(17,18)21-7/h2-4,6-7,10,16H,1H2,(H2,11,12,13)/t4-,6?,7+,10-/m1/s1. The number of fused-ring (bicyclic) bond motifs is 2. The molecule has 2 aliphatic heterocycles. The summed E-state index contributed by atoms with van der Waals surface area (Å²) in [6.07, 6.45) is -0.949. The summed E-state index contributed by atoms with van der Waals surface area (Å²) in [7, 11) is -4.12. The molecule has 2 aromatic heterocycles. The van der Waals surface area contributed by atoms with E-state index in [2.05, 4.69) is 15.0 Å². The summed E-state index contributed by atoms with van der Waals surface area (Å²) in [5.74, 6) is 0.188. The Morgan fingerprint density at radius 3 is 2.82 bits per heavy atom. The van der Waals surface area contributed by atoms with E-state index in [0.717, 1.165) is 0 Å². The third-order valence-corrected chi connectivity index (χ3v) is 4.50. The van der Waals surface area contributed by atoms with E-state index in [1.165, 1.54) is 17.2 Å². The van der Waals surface area contributed by atoms with Gasteiger partial charge in [-0.25, -0.2) is 23.3 Å². The quantitative estimate of drug-likeness (QED) is 0.653. The molecular formula is C10H11N5O6S. The van der Waals surface area contributed by atoms with Crippen LogP contribution in [0.15, 0.2) is 12.7 Å². The average Bonchev–Trinajstić information content (AvgIpc) is 3.10. The predicted molar refractivity (Wildman–Crippen MR) is 69.4 cm³/mol. The third kappa shape index (κ3) is 1.89. The molecule has 3 N–H and O–H groups in total. The van der Waals surface area contributed by atoms with E-state index in [4.69, 9.17) is 18.8 Å². The summed E-state index contributed by atoms with van der Waals surface area (Å²) in [5, 5.41) is 9.33. The summed E-state index contributed by atoms with van der Waals surface area (Å²) >= 11 is 0. The van der Waals surface area contributed by atoms with Gasteiger partial charge in [0.1, 0.15) is 24.1 Å². The predicted octanol–water partition coefficient (Wildman–Crippen LogP) is -1.67. The fourth-order valence-corrected chi connectivity index (χ4v) is 3.68. The van der Waals surface area contributed by atoms with Gasteiger partial charge in [0.05, 0.1) is 12.9 Å². The highest BCUT2D eigenvalue weighted by molar-refractivity contribution is 7.82. The number of hydrogen-bond acceptors (Lipinski definition) is 10. The van der Waals surface area contributed by atoms with Gasteiger partial charge in [0, 0.05) is 0 Å². The van der Waals surface area contributed by atoms with Gasteiger partial charge in [-0.05, 0) is 0 Å². The number of aliphatic hydroxyl groups is 1. The van der Waals surface area contributed by atoms with Crippen LogP contribution in [0.4, 0.5) is 5.82 Å². The lowest BCUT2D eigenvalue weighted by Crippen LogP contribution is -2.30. The first-order chi connectivity index (χ1) is 10.5. The minimum atomic E-state index is -4.12. The molecule has 0 radical (unpaired) electrons. The van der Waals surface area contributed by atoms with Crippen molar-refractivity contribution >= 4 is 27.4 Å². The van der Waals surface area contributed by atoms with Crippen LogP contribution in [0.1, 0.15) is 6.23 Å². The first-order valence-corrected chi connectivity index (χ1v) is 7.64. The molecule has 4 atom stereocenters. The van der Waals surface area contributed by atoms with Gasteiger partial charge in [0.25, 0.3) is 0 Å². The number of aromatic nitrogens is 4. The van der Waals surface area contributed by atoms with Gasteiger partial charge >= 0.3 is 10.4 Å². The molecule has 0 bridgehead atoms. The molecule has 0 aromatic carbocycles. The highest BCUT2D eigenvalue weighted by Crippen LogP contribution is 2.40. The zero-order valence-corrected chi connectivity index (χ0v) is 11.8. The molecule has 2 aromatic rings. The fourth-order valence-electron chi connectivity index (χ4n) is 2.65. The second-order valence-electron chi connectivity index (χ2n) is 4.86. The van der Waals surface area contributed by atoms with Crippen molar-refractivity contribution in [1.29, 1.82) is 0 Å². The number of ether oxygens (including phenoxy) is 1. The molecule has 118 valence electrons. The SMILES string of the molecule is Nc1ncnc2c1ncn2[C@@H]1O[C@H](CO)C2OS(=O)(=O)O[C@@H]21. The number of imidazole rings is 1. The van der Waals surface area contributed by atoms with Crippen molar-refractivity contribution in [3.05, 3.63) is 12.7 Å². The molecule has 0 amide bonds. The largest absolute Gasteiger partial charge is 0.400 e. The van der Waals surface area contributed by atoms with E-state index in [1.54, 1.807) is 0 Å². The molecule has 2 fully saturated rings. The van der Waals surface area contributed by atoms with Crippen molar-refractivity contribution in [3.8, 4) is 0 Å². The van der Waals surface area contributed by atoms with E-state index in [1.807, 2.05) is 0 Å². The van der Waals surface area contributed by atoms with Crippen LogP contribution in [-0.2, 0) is 23.5 Å². The van der Waals surface area contributed by atoms with Crippen molar-refractivity contribution in [3.63, 3.8) is 0 Å². The average molecular weight is 329 g/mol. The van der Waals surface area contributed by atoms with Crippen LogP contribution in [0.3, 0.4) is 0 Å². The number of nitrogens with two attached hydrogens (primary N) is 1. The first kappa shape index (κ1) is 13.8. The summed E-state index contributed by atoms with van der Waals surface area (Å²) in [6, 6.07) is 0. The Morgan fingerprint density at radius 1 is 1.27 bits per heavy atom. The second kappa shape index (κ2) is 4.57. The van der Waals surface area contributed by atoms with Crippen LogP contribution in [0, 0.1) is 0 Å². The van der Waals surface area contributed by atoms with Crippen LogP contribution in [0.5, 0.6) is 0 Å². The molecule has 11 nitrogen and oxygen atoms in total. The second-order valence-corrected chi connectivity index (χ2v) is 6.06. The number of anilines is 1. The molecule has 2 aliphatic rings. The molecule has 4 heterocycles. The summed E-state index contributed by atoms with van der Waals surface area (Å²) < 4.78 is 39.8. The zero-order chi connectivity index (χ0) is 15.5. The Balaban J connectivity index is 1.80. The fraction of sp³-hybridized carbons (Fsp3) is 0.500. The number of nitrogens with zero attached hydrogens (tertiary/aromatic N) is 4. The minimum Gasteiger partial charge on any atom is -0.394 e. The van der Waals surface area contributed by atoms with E-state index in [9.17, 15) is 13.5 Å². The van der Waals surface area contributed by atoms with Gasteiger partial charge in [0.15, 0.2) is 23.8 Å². The van der Waals surface area contributed by atoms with Gasteiger partial charge in [-0.1, -0.05) is 0 Å². The topological polar surface area (TPSA) is 152 Å². The normalized spacial score (nSPS) is 33.3. The molecule has 0 aliphatic carbocycles. The van der Waals surface area contributed by atoms with E-state index < -0.39 is 41.5 Å². The molecule has 12 heteroatoms. The third-order valence-electron chi connectivity index (χ3n) is 3.58. The maximum Gasteiger partial charge on any atom is 0.400 e. The molecule has 0 spiro atoms.